The minimum Gasteiger partial charge on any atom is -0.278 e. The maximum Gasteiger partial charge on any atom is 0.0687 e. The Morgan fingerprint density at radius 3 is 2.77 bits per heavy atom. The van der Waals surface area contributed by atoms with Crippen LogP contribution in [0.4, 0.5) is 0 Å². The van der Waals surface area contributed by atoms with Gasteiger partial charge in [0.2, 0.25) is 0 Å². The van der Waals surface area contributed by atoms with E-state index in [-0.39, 0.29) is 0 Å². The van der Waals surface area contributed by atoms with Crippen molar-refractivity contribution in [2.75, 3.05) is 0 Å². The van der Waals surface area contributed by atoms with Crippen molar-refractivity contribution in [2.45, 2.75) is 26.7 Å². The van der Waals surface area contributed by atoms with Crippen LogP contribution < -0.4 is 0 Å². The van der Waals surface area contributed by atoms with Crippen molar-refractivity contribution in [3.8, 4) is 0 Å². The van der Waals surface area contributed by atoms with Crippen LogP contribution in [-0.2, 0) is 0 Å². The quantitative estimate of drug-likeness (QED) is 0.707. The molecule has 0 bridgehead atoms. The summed E-state index contributed by atoms with van der Waals surface area (Å²) in [5, 5.41) is 8.38. The number of hydrogen-bond acceptors (Lipinski definition) is 1. The van der Waals surface area contributed by atoms with E-state index < -0.39 is 0 Å². The molecule has 0 radical (unpaired) electrons. The van der Waals surface area contributed by atoms with E-state index in [0.29, 0.717) is 5.92 Å². The van der Waals surface area contributed by atoms with Crippen LogP contribution in [0.5, 0.6) is 0 Å². The first kappa shape index (κ1) is 8.30. The number of aromatic nitrogens is 2. The lowest BCUT2D eigenvalue weighted by Crippen LogP contribution is -1.90. The molecule has 0 unspecified atom stereocenters. The number of hydrogen-bond donors (Lipinski definition) is 1. The van der Waals surface area contributed by atoms with Crippen molar-refractivity contribution in [3.63, 3.8) is 0 Å². The zero-order valence-electron chi connectivity index (χ0n) is 8.26. The molecule has 1 aromatic carbocycles. The van der Waals surface area contributed by atoms with E-state index in [1.807, 2.05) is 6.20 Å². The van der Waals surface area contributed by atoms with Crippen molar-refractivity contribution < 1.29 is 0 Å². The Morgan fingerprint density at radius 1 is 1.31 bits per heavy atom. The van der Waals surface area contributed by atoms with Crippen LogP contribution in [0.3, 0.4) is 0 Å². The summed E-state index contributed by atoms with van der Waals surface area (Å²) < 4.78 is 0. The minimum atomic E-state index is 0.545. The molecule has 2 aromatic rings. The van der Waals surface area contributed by atoms with Crippen molar-refractivity contribution >= 4 is 10.9 Å². The van der Waals surface area contributed by atoms with Gasteiger partial charge in [0.15, 0.2) is 0 Å². The van der Waals surface area contributed by atoms with E-state index in [9.17, 15) is 0 Å². The fraction of sp³-hybridized carbons (Fsp3) is 0.364. The Hall–Kier alpha value is -1.31. The third kappa shape index (κ3) is 1.22. The number of rotatable bonds is 1. The van der Waals surface area contributed by atoms with Crippen LogP contribution in [-0.4, -0.2) is 10.2 Å². The standard InChI is InChI=1S/C11H14N2/c1-7(2)9-5-4-8(3)10-6-12-13-11(9)10/h4-7H,1-3H3,(H,12,13). The Morgan fingerprint density at radius 2 is 2.08 bits per heavy atom. The highest BCUT2D eigenvalue weighted by atomic mass is 15.1. The fourth-order valence-electron chi connectivity index (χ4n) is 1.67. The number of nitrogens with one attached hydrogen (secondary N) is 1. The Labute approximate surface area is 78.0 Å². The van der Waals surface area contributed by atoms with Gasteiger partial charge in [-0.05, 0) is 24.0 Å². The molecular weight excluding hydrogens is 160 g/mol. The van der Waals surface area contributed by atoms with Crippen molar-refractivity contribution in [2.24, 2.45) is 0 Å². The molecule has 2 rings (SSSR count). The molecule has 0 amide bonds. The third-order valence-corrected chi connectivity index (χ3v) is 2.49. The molecule has 0 spiro atoms. The first-order valence-corrected chi connectivity index (χ1v) is 4.62. The first-order valence-electron chi connectivity index (χ1n) is 4.62. The van der Waals surface area contributed by atoms with Gasteiger partial charge in [-0.2, -0.15) is 5.10 Å². The zero-order valence-corrected chi connectivity index (χ0v) is 8.26. The molecule has 2 heteroatoms. The molecule has 1 N–H and O–H groups in total. The summed E-state index contributed by atoms with van der Waals surface area (Å²) in [7, 11) is 0. The van der Waals surface area contributed by atoms with Gasteiger partial charge in [-0.15, -0.1) is 0 Å². The molecular formula is C11H14N2. The van der Waals surface area contributed by atoms with Crippen LogP contribution >= 0.6 is 0 Å². The minimum absolute atomic E-state index is 0.545. The van der Waals surface area contributed by atoms with Crippen LogP contribution in [0.1, 0.15) is 30.9 Å². The van der Waals surface area contributed by atoms with E-state index in [2.05, 4.69) is 43.1 Å². The summed E-state index contributed by atoms with van der Waals surface area (Å²) in [5.74, 6) is 0.545. The smallest absolute Gasteiger partial charge is 0.0687 e. The van der Waals surface area contributed by atoms with Gasteiger partial charge in [0.25, 0.3) is 0 Å². The SMILES string of the molecule is Cc1ccc(C(C)C)c2[nH]ncc12. The maximum absolute atomic E-state index is 4.08. The van der Waals surface area contributed by atoms with Crippen LogP contribution in [0, 0.1) is 6.92 Å². The molecule has 0 saturated heterocycles. The van der Waals surface area contributed by atoms with Gasteiger partial charge in [0.1, 0.15) is 0 Å². The second-order valence-electron chi connectivity index (χ2n) is 3.79. The summed E-state index contributed by atoms with van der Waals surface area (Å²) in [6, 6.07) is 4.34. The van der Waals surface area contributed by atoms with Gasteiger partial charge in [0.05, 0.1) is 11.7 Å². The van der Waals surface area contributed by atoms with Gasteiger partial charge in [-0.3, -0.25) is 5.10 Å². The highest BCUT2D eigenvalue weighted by molar-refractivity contribution is 5.84. The Balaban J connectivity index is 2.78. The largest absolute Gasteiger partial charge is 0.278 e. The number of H-pyrrole nitrogens is 1. The van der Waals surface area contributed by atoms with Gasteiger partial charge < -0.3 is 0 Å². The van der Waals surface area contributed by atoms with Gasteiger partial charge >= 0.3 is 0 Å². The highest BCUT2D eigenvalue weighted by Crippen LogP contribution is 2.25. The van der Waals surface area contributed by atoms with Crippen molar-refractivity contribution in [3.05, 3.63) is 29.5 Å². The average Bonchev–Trinajstić information content (AvgIpc) is 2.53. The van der Waals surface area contributed by atoms with Crippen LogP contribution in [0.25, 0.3) is 10.9 Å². The van der Waals surface area contributed by atoms with Crippen LogP contribution in [0.15, 0.2) is 18.3 Å². The molecule has 1 heterocycles. The molecule has 0 fully saturated rings. The lowest BCUT2D eigenvalue weighted by Gasteiger charge is -2.07. The molecule has 0 aliphatic heterocycles. The van der Waals surface area contributed by atoms with Crippen molar-refractivity contribution in [1.29, 1.82) is 0 Å². The molecule has 0 atom stereocenters. The summed E-state index contributed by atoms with van der Waals surface area (Å²) in [4.78, 5) is 0. The Kier molecular flexibility index (Phi) is 1.83. The molecule has 0 aliphatic carbocycles. The second-order valence-corrected chi connectivity index (χ2v) is 3.79. The topological polar surface area (TPSA) is 28.7 Å². The van der Waals surface area contributed by atoms with Gasteiger partial charge in [0, 0.05) is 5.39 Å². The van der Waals surface area contributed by atoms with Gasteiger partial charge in [-0.25, -0.2) is 0 Å². The molecule has 68 valence electrons. The predicted molar refractivity (Wildman–Crippen MR) is 54.9 cm³/mol. The fourth-order valence-corrected chi connectivity index (χ4v) is 1.67. The summed E-state index contributed by atoms with van der Waals surface area (Å²) in [6.07, 6.45) is 1.90. The summed E-state index contributed by atoms with van der Waals surface area (Å²) in [5.41, 5.74) is 3.82. The molecule has 2 nitrogen and oxygen atoms in total. The summed E-state index contributed by atoms with van der Waals surface area (Å²) >= 11 is 0. The predicted octanol–water partition coefficient (Wildman–Crippen LogP) is 2.99. The lowest BCUT2D eigenvalue weighted by atomic mass is 9.98. The van der Waals surface area contributed by atoms with E-state index >= 15 is 0 Å². The van der Waals surface area contributed by atoms with E-state index in [4.69, 9.17) is 0 Å². The monoisotopic (exact) mass is 174 g/mol. The van der Waals surface area contributed by atoms with Crippen LogP contribution in [0.2, 0.25) is 0 Å². The highest BCUT2D eigenvalue weighted by Gasteiger charge is 2.07. The summed E-state index contributed by atoms with van der Waals surface area (Å²) in [6.45, 7) is 6.51. The molecule has 0 saturated carbocycles. The maximum atomic E-state index is 4.08. The number of nitrogens with zero attached hydrogens (tertiary/aromatic N) is 1. The van der Waals surface area contributed by atoms with Crippen molar-refractivity contribution in [1.82, 2.24) is 10.2 Å². The number of benzene rings is 1. The van der Waals surface area contributed by atoms with Gasteiger partial charge in [-0.1, -0.05) is 26.0 Å². The first-order chi connectivity index (χ1) is 6.20. The molecule has 13 heavy (non-hydrogen) atoms. The molecule has 0 aliphatic rings. The Bertz CT molecular complexity index is 427. The molecule has 1 aromatic heterocycles. The number of aryl methyl sites for hydroxylation is 1. The normalized spacial score (nSPS) is 11.4. The lowest BCUT2D eigenvalue weighted by molar-refractivity contribution is 0.870. The average molecular weight is 174 g/mol. The van der Waals surface area contributed by atoms with E-state index in [0.717, 1.165) is 0 Å². The second kappa shape index (κ2) is 2.87. The van der Waals surface area contributed by atoms with E-state index in [1.165, 1.54) is 22.0 Å². The number of aromatic amines is 1. The number of fused-ring (bicyclic) bond motifs is 1. The van der Waals surface area contributed by atoms with E-state index in [1.54, 1.807) is 0 Å². The third-order valence-electron chi connectivity index (χ3n) is 2.49. The zero-order chi connectivity index (χ0) is 9.42.